The van der Waals surface area contributed by atoms with Gasteiger partial charge >= 0.3 is 0 Å². The zero-order chi connectivity index (χ0) is 12.7. The van der Waals surface area contributed by atoms with Crippen molar-refractivity contribution in [2.75, 3.05) is 12.3 Å². The first-order valence-corrected chi connectivity index (χ1v) is 7.28. The lowest BCUT2D eigenvalue weighted by atomic mass is 10.3. The Morgan fingerprint density at radius 1 is 1.53 bits per heavy atom. The van der Waals surface area contributed by atoms with Crippen LogP contribution in [0.25, 0.3) is 0 Å². The molecule has 0 unspecified atom stereocenters. The molecule has 17 heavy (non-hydrogen) atoms. The molecule has 0 spiro atoms. The summed E-state index contributed by atoms with van der Waals surface area (Å²) in [6, 6.07) is 8.05. The fraction of sp³-hybridized carbons (Fsp3) is 0.417. The van der Waals surface area contributed by atoms with E-state index in [1.807, 2.05) is 31.2 Å². The summed E-state index contributed by atoms with van der Waals surface area (Å²) >= 11 is 5.15. The number of rotatable bonds is 6. The van der Waals surface area contributed by atoms with Gasteiger partial charge in [0, 0.05) is 34.1 Å². The van der Waals surface area contributed by atoms with E-state index in [2.05, 4.69) is 21.2 Å². The molecule has 0 aliphatic heterocycles. The molecule has 1 amide bonds. The van der Waals surface area contributed by atoms with E-state index in [1.165, 1.54) is 0 Å². The molecule has 0 saturated heterocycles. The van der Waals surface area contributed by atoms with Gasteiger partial charge in [0.2, 0.25) is 5.91 Å². The molecule has 0 saturated carbocycles. The number of hydrogen-bond donors (Lipinski definition) is 2. The van der Waals surface area contributed by atoms with E-state index in [1.54, 1.807) is 11.8 Å². The lowest BCUT2D eigenvalue weighted by molar-refractivity contribution is -0.121. The van der Waals surface area contributed by atoms with E-state index < -0.39 is 0 Å². The Labute approximate surface area is 115 Å². The third-order valence-corrected chi connectivity index (χ3v) is 4.21. The summed E-state index contributed by atoms with van der Waals surface area (Å²) in [6.07, 6.45) is 0.510. The Balaban J connectivity index is 2.29. The highest BCUT2D eigenvalue weighted by Gasteiger charge is 2.06. The average Bonchev–Trinajstić information content (AvgIpc) is 2.31. The molecule has 94 valence electrons. The monoisotopic (exact) mass is 316 g/mol. The van der Waals surface area contributed by atoms with Crippen molar-refractivity contribution in [3.63, 3.8) is 0 Å². The number of benzene rings is 1. The summed E-state index contributed by atoms with van der Waals surface area (Å²) in [4.78, 5) is 12.7. The highest BCUT2D eigenvalue weighted by atomic mass is 79.9. The van der Waals surface area contributed by atoms with Gasteiger partial charge in [-0.1, -0.05) is 12.1 Å². The average molecular weight is 317 g/mol. The number of nitrogens with two attached hydrogens (primary N) is 1. The van der Waals surface area contributed by atoms with Gasteiger partial charge in [0.1, 0.15) is 0 Å². The number of halogens is 1. The van der Waals surface area contributed by atoms with Crippen molar-refractivity contribution in [2.45, 2.75) is 24.3 Å². The van der Waals surface area contributed by atoms with Crippen LogP contribution in [0.5, 0.6) is 0 Å². The molecule has 1 aromatic rings. The SMILES string of the molecule is C[C@@H](CN)NC(=O)CCSc1ccccc1Br. The van der Waals surface area contributed by atoms with Crippen molar-refractivity contribution >= 4 is 33.6 Å². The summed E-state index contributed by atoms with van der Waals surface area (Å²) in [6.45, 7) is 2.38. The van der Waals surface area contributed by atoms with E-state index in [4.69, 9.17) is 5.73 Å². The molecule has 0 heterocycles. The smallest absolute Gasteiger partial charge is 0.221 e. The van der Waals surface area contributed by atoms with Crippen LogP contribution < -0.4 is 11.1 Å². The summed E-state index contributed by atoms with van der Waals surface area (Å²) < 4.78 is 1.07. The molecule has 1 rings (SSSR count). The first-order chi connectivity index (χ1) is 8.13. The van der Waals surface area contributed by atoms with E-state index in [0.717, 1.165) is 15.1 Å². The third kappa shape index (κ3) is 5.57. The predicted octanol–water partition coefficient (Wildman–Crippen LogP) is 2.39. The summed E-state index contributed by atoms with van der Waals surface area (Å²) in [5.74, 6) is 0.827. The second-order valence-corrected chi connectivity index (χ2v) is 5.72. The number of nitrogens with one attached hydrogen (secondary N) is 1. The molecular formula is C12H17BrN2OS. The van der Waals surface area contributed by atoms with Gasteiger partial charge in [-0.3, -0.25) is 4.79 Å². The Morgan fingerprint density at radius 2 is 2.24 bits per heavy atom. The second kappa shape index (κ2) is 7.74. The first-order valence-electron chi connectivity index (χ1n) is 5.50. The Kier molecular flexibility index (Phi) is 6.62. The molecular weight excluding hydrogens is 300 g/mol. The van der Waals surface area contributed by atoms with Crippen LogP contribution in [0.2, 0.25) is 0 Å². The van der Waals surface area contributed by atoms with Gasteiger partial charge < -0.3 is 11.1 Å². The van der Waals surface area contributed by atoms with E-state index in [9.17, 15) is 4.79 Å². The number of hydrogen-bond acceptors (Lipinski definition) is 3. The standard InChI is InChI=1S/C12H17BrN2OS/c1-9(8-14)15-12(16)6-7-17-11-5-3-2-4-10(11)13/h2-5,9H,6-8,14H2,1H3,(H,15,16)/t9-/m0/s1. The van der Waals surface area contributed by atoms with Crippen molar-refractivity contribution < 1.29 is 4.79 Å². The normalized spacial score (nSPS) is 12.2. The molecule has 0 aliphatic carbocycles. The number of carbonyl (C=O) groups is 1. The number of thioether (sulfide) groups is 1. The molecule has 3 N–H and O–H groups in total. The highest BCUT2D eigenvalue weighted by Crippen LogP contribution is 2.27. The second-order valence-electron chi connectivity index (χ2n) is 3.73. The molecule has 1 atom stereocenters. The van der Waals surface area contributed by atoms with Crippen LogP contribution in [0.4, 0.5) is 0 Å². The Hall–Kier alpha value is -0.520. The summed E-state index contributed by atoms with van der Waals surface area (Å²) in [7, 11) is 0. The molecule has 3 nitrogen and oxygen atoms in total. The van der Waals surface area contributed by atoms with Gasteiger partial charge in [-0.15, -0.1) is 11.8 Å². The van der Waals surface area contributed by atoms with Gasteiger partial charge in [-0.2, -0.15) is 0 Å². The van der Waals surface area contributed by atoms with Crippen molar-refractivity contribution in [3.05, 3.63) is 28.7 Å². The van der Waals surface area contributed by atoms with E-state index >= 15 is 0 Å². The van der Waals surface area contributed by atoms with Gasteiger partial charge in [0.05, 0.1) is 0 Å². The zero-order valence-electron chi connectivity index (χ0n) is 9.78. The van der Waals surface area contributed by atoms with E-state index in [0.29, 0.717) is 13.0 Å². The maximum Gasteiger partial charge on any atom is 0.221 e. The minimum absolute atomic E-state index is 0.0518. The maximum absolute atomic E-state index is 11.5. The summed E-state index contributed by atoms with van der Waals surface area (Å²) in [5.41, 5.74) is 5.43. The minimum atomic E-state index is 0.0518. The quantitative estimate of drug-likeness (QED) is 0.792. The van der Waals surface area contributed by atoms with Crippen LogP contribution in [0.1, 0.15) is 13.3 Å². The van der Waals surface area contributed by atoms with Crippen LogP contribution in [-0.4, -0.2) is 24.2 Å². The predicted molar refractivity (Wildman–Crippen MR) is 76.1 cm³/mol. The summed E-state index contributed by atoms with van der Waals surface area (Å²) in [5, 5.41) is 2.84. The molecule has 1 aromatic carbocycles. The number of carbonyl (C=O) groups excluding carboxylic acids is 1. The van der Waals surface area contributed by atoms with Gasteiger partial charge in [-0.25, -0.2) is 0 Å². The van der Waals surface area contributed by atoms with Crippen LogP contribution in [0, 0.1) is 0 Å². The van der Waals surface area contributed by atoms with Gasteiger partial charge in [0.15, 0.2) is 0 Å². The molecule has 0 aromatic heterocycles. The lowest BCUT2D eigenvalue weighted by Crippen LogP contribution is -2.37. The fourth-order valence-corrected chi connectivity index (χ4v) is 2.74. The third-order valence-electron chi connectivity index (χ3n) is 2.18. The van der Waals surface area contributed by atoms with Crippen molar-refractivity contribution in [2.24, 2.45) is 5.73 Å². The van der Waals surface area contributed by atoms with Crippen LogP contribution in [0.15, 0.2) is 33.6 Å². The molecule has 0 fully saturated rings. The number of amides is 1. The molecule has 0 bridgehead atoms. The van der Waals surface area contributed by atoms with Crippen molar-refractivity contribution in [1.29, 1.82) is 0 Å². The van der Waals surface area contributed by atoms with Crippen molar-refractivity contribution in [3.8, 4) is 0 Å². The Bertz CT molecular complexity index is 373. The lowest BCUT2D eigenvalue weighted by Gasteiger charge is -2.11. The fourth-order valence-electron chi connectivity index (χ4n) is 1.22. The zero-order valence-corrected chi connectivity index (χ0v) is 12.2. The van der Waals surface area contributed by atoms with Gasteiger partial charge in [0.25, 0.3) is 0 Å². The van der Waals surface area contributed by atoms with Crippen LogP contribution >= 0.6 is 27.7 Å². The highest BCUT2D eigenvalue weighted by molar-refractivity contribution is 9.10. The van der Waals surface area contributed by atoms with Gasteiger partial charge in [-0.05, 0) is 35.0 Å². The minimum Gasteiger partial charge on any atom is -0.352 e. The largest absolute Gasteiger partial charge is 0.352 e. The molecule has 0 radical (unpaired) electrons. The first kappa shape index (κ1) is 14.5. The Morgan fingerprint density at radius 3 is 2.88 bits per heavy atom. The maximum atomic E-state index is 11.5. The van der Waals surface area contributed by atoms with Crippen molar-refractivity contribution in [1.82, 2.24) is 5.32 Å². The molecule has 5 heteroatoms. The topological polar surface area (TPSA) is 55.1 Å². The van der Waals surface area contributed by atoms with E-state index in [-0.39, 0.29) is 11.9 Å². The van der Waals surface area contributed by atoms with Crippen LogP contribution in [0.3, 0.4) is 0 Å². The van der Waals surface area contributed by atoms with Crippen LogP contribution in [-0.2, 0) is 4.79 Å². The molecule has 0 aliphatic rings.